The number of hydrogen-bond acceptors (Lipinski definition) is 4. The van der Waals surface area contributed by atoms with Crippen molar-refractivity contribution in [2.75, 3.05) is 6.61 Å². The zero-order valence-electron chi connectivity index (χ0n) is 15.6. The molecule has 1 saturated heterocycles. The minimum absolute atomic E-state index is 0.0180. The van der Waals surface area contributed by atoms with E-state index in [1.807, 2.05) is 0 Å². The molecule has 0 spiro atoms. The number of esters is 1. The molecule has 1 heterocycles. The van der Waals surface area contributed by atoms with E-state index in [0.29, 0.717) is 23.7 Å². The van der Waals surface area contributed by atoms with E-state index < -0.39 is 5.60 Å². The van der Waals surface area contributed by atoms with Crippen LogP contribution in [0.4, 0.5) is 0 Å². The summed E-state index contributed by atoms with van der Waals surface area (Å²) in [5.41, 5.74) is -0.119. The quantitative estimate of drug-likeness (QED) is 0.738. The summed E-state index contributed by atoms with van der Waals surface area (Å²) >= 11 is 0. The largest absolute Gasteiger partial charge is 0.456 e. The van der Waals surface area contributed by atoms with Gasteiger partial charge in [0.15, 0.2) is 0 Å². The lowest BCUT2D eigenvalue weighted by atomic mass is 9.43. The van der Waals surface area contributed by atoms with Crippen LogP contribution in [0.3, 0.4) is 0 Å². The molecule has 4 saturated carbocycles. The molecule has 1 N–H and O–H groups in total. The summed E-state index contributed by atoms with van der Waals surface area (Å²) in [5, 5.41) is 10.4. The fourth-order valence-corrected chi connectivity index (χ4v) is 8.19. The third-order valence-corrected chi connectivity index (χ3v) is 9.11. The zero-order chi connectivity index (χ0) is 17.4. The van der Waals surface area contributed by atoms with E-state index in [0.717, 1.165) is 31.8 Å². The maximum Gasteiger partial charge on any atom is 0.303 e. The van der Waals surface area contributed by atoms with Crippen LogP contribution in [-0.4, -0.2) is 35.5 Å². The average Bonchev–Trinajstić information content (AvgIpc) is 3.01. The predicted octanol–water partition coefficient (Wildman–Crippen LogP) is 3.45. The lowest BCUT2D eigenvalue weighted by Gasteiger charge is -2.62. The van der Waals surface area contributed by atoms with E-state index in [4.69, 9.17) is 9.47 Å². The molecule has 0 amide bonds. The van der Waals surface area contributed by atoms with Gasteiger partial charge in [0.05, 0.1) is 18.8 Å². The zero-order valence-corrected chi connectivity index (χ0v) is 15.6. The smallest absolute Gasteiger partial charge is 0.303 e. The van der Waals surface area contributed by atoms with Crippen molar-refractivity contribution in [2.45, 2.75) is 89.4 Å². The van der Waals surface area contributed by atoms with Gasteiger partial charge in [-0.05, 0) is 68.1 Å². The first kappa shape index (κ1) is 16.6. The van der Waals surface area contributed by atoms with Gasteiger partial charge in [0.1, 0.15) is 5.60 Å². The summed E-state index contributed by atoms with van der Waals surface area (Å²) in [6, 6.07) is 0. The van der Waals surface area contributed by atoms with Crippen LogP contribution >= 0.6 is 0 Å². The Hall–Kier alpha value is -0.610. The van der Waals surface area contributed by atoms with Crippen molar-refractivity contribution in [3.05, 3.63) is 0 Å². The third kappa shape index (κ3) is 1.99. The van der Waals surface area contributed by atoms with Crippen molar-refractivity contribution in [1.82, 2.24) is 0 Å². The van der Waals surface area contributed by atoms with Crippen LogP contribution in [-0.2, 0) is 14.3 Å². The molecule has 4 aliphatic carbocycles. The molecule has 8 atom stereocenters. The normalized spacial score (nSPS) is 56.7. The molecule has 4 nitrogen and oxygen atoms in total. The van der Waals surface area contributed by atoms with Gasteiger partial charge in [0.25, 0.3) is 0 Å². The second-order valence-electron chi connectivity index (χ2n) is 10.0. The third-order valence-electron chi connectivity index (χ3n) is 9.11. The molecule has 0 unspecified atom stereocenters. The molecule has 0 aromatic carbocycles. The van der Waals surface area contributed by atoms with Gasteiger partial charge < -0.3 is 14.6 Å². The maximum atomic E-state index is 12.0. The molecule has 0 radical (unpaired) electrons. The van der Waals surface area contributed by atoms with Crippen LogP contribution < -0.4 is 0 Å². The van der Waals surface area contributed by atoms with Gasteiger partial charge in [-0.2, -0.15) is 0 Å². The van der Waals surface area contributed by atoms with Crippen molar-refractivity contribution in [2.24, 2.45) is 28.6 Å². The lowest BCUT2D eigenvalue weighted by Crippen LogP contribution is -2.67. The van der Waals surface area contributed by atoms with Crippen LogP contribution in [0.1, 0.15) is 71.6 Å². The van der Waals surface area contributed by atoms with E-state index in [-0.39, 0.29) is 23.6 Å². The molecule has 25 heavy (non-hydrogen) atoms. The molecule has 0 aromatic rings. The average molecular weight is 348 g/mol. The highest BCUT2D eigenvalue weighted by Crippen LogP contribution is 2.70. The van der Waals surface area contributed by atoms with Crippen LogP contribution in [0.5, 0.6) is 0 Å². The molecule has 2 bridgehead atoms. The molecule has 1 aliphatic heterocycles. The first-order valence-electron chi connectivity index (χ1n) is 10.4. The highest BCUT2D eigenvalue weighted by molar-refractivity contribution is 5.67. The molecule has 5 aliphatic rings. The lowest BCUT2D eigenvalue weighted by molar-refractivity contribution is -0.231. The Labute approximate surface area is 150 Å². The number of rotatable bonds is 1. The van der Waals surface area contributed by atoms with E-state index in [9.17, 15) is 9.90 Å². The van der Waals surface area contributed by atoms with Crippen LogP contribution in [0.15, 0.2) is 0 Å². The second-order valence-corrected chi connectivity index (χ2v) is 10.0. The Kier molecular flexibility index (Phi) is 3.46. The number of carbonyl (C=O) groups is 1. The topological polar surface area (TPSA) is 55.8 Å². The van der Waals surface area contributed by atoms with Gasteiger partial charge in [-0.25, -0.2) is 0 Å². The molecule has 4 heteroatoms. The van der Waals surface area contributed by atoms with E-state index in [2.05, 4.69) is 6.92 Å². The minimum atomic E-state index is -0.579. The Morgan fingerprint density at radius 3 is 2.80 bits per heavy atom. The minimum Gasteiger partial charge on any atom is -0.456 e. The summed E-state index contributed by atoms with van der Waals surface area (Å²) in [4.78, 5) is 12.0. The molecule has 0 aromatic heterocycles. The number of aliphatic hydroxyl groups excluding tert-OH is 1. The number of ether oxygens (including phenoxy) is 2. The first-order valence-corrected chi connectivity index (χ1v) is 10.4. The van der Waals surface area contributed by atoms with Crippen molar-refractivity contribution >= 4 is 5.97 Å². The highest BCUT2D eigenvalue weighted by Gasteiger charge is 2.74. The van der Waals surface area contributed by atoms with Gasteiger partial charge in [-0.3, -0.25) is 4.79 Å². The number of hydrogen-bond donors (Lipinski definition) is 1. The van der Waals surface area contributed by atoms with Gasteiger partial charge in [-0.15, -0.1) is 0 Å². The summed E-state index contributed by atoms with van der Waals surface area (Å²) in [6.07, 6.45) is 9.65. The first-order chi connectivity index (χ1) is 11.9. The van der Waals surface area contributed by atoms with Crippen molar-refractivity contribution in [1.29, 1.82) is 0 Å². The van der Waals surface area contributed by atoms with E-state index in [1.54, 1.807) is 0 Å². The molecule has 5 rings (SSSR count). The fourth-order valence-electron chi connectivity index (χ4n) is 8.19. The van der Waals surface area contributed by atoms with Crippen molar-refractivity contribution in [3.63, 3.8) is 0 Å². The maximum absolute atomic E-state index is 12.0. The Morgan fingerprint density at radius 2 is 2.00 bits per heavy atom. The summed E-state index contributed by atoms with van der Waals surface area (Å²) in [6.45, 7) is 4.76. The molecule has 140 valence electrons. The Balaban J connectivity index is 1.58. The molecular weight excluding hydrogens is 316 g/mol. The monoisotopic (exact) mass is 348 g/mol. The van der Waals surface area contributed by atoms with Crippen LogP contribution in [0.2, 0.25) is 0 Å². The summed E-state index contributed by atoms with van der Waals surface area (Å²) in [7, 11) is 0. The number of aliphatic hydroxyl groups is 1. The van der Waals surface area contributed by atoms with Crippen molar-refractivity contribution < 1.29 is 19.4 Å². The van der Waals surface area contributed by atoms with Gasteiger partial charge in [0.2, 0.25) is 0 Å². The van der Waals surface area contributed by atoms with E-state index in [1.165, 1.54) is 39.0 Å². The van der Waals surface area contributed by atoms with Gasteiger partial charge in [-0.1, -0.05) is 13.3 Å². The number of carbonyl (C=O) groups excluding carboxylic acids is 1. The number of fused-ring (bicyclic) bond motifs is 3. The Morgan fingerprint density at radius 1 is 1.16 bits per heavy atom. The van der Waals surface area contributed by atoms with E-state index >= 15 is 0 Å². The predicted molar refractivity (Wildman–Crippen MR) is 92.8 cm³/mol. The SMILES string of the molecule is CC(=O)O[C@]12C[C@@H](O)CC[C@@]13CO[C@@H]2C[C@H]1[C@@H]2CCC[C@@]2(C)CC[C@@H]13. The standard InChI is InChI=1S/C21H32O4/c1-13(22)25-21-11-14(23)5-9-20(21)12-24-18(21)10-15-16-4-3-7-19(16,2)8-6-17(15)20/h14-18,23H,3-12H2,1-2H3/t14-,15-,16-,17-,18+,19-,20-,21-/m0/s1. The second kappa shape index (κ2) is 5.22. The van der Waals surface area contributed by atoms with Crippen LogP contribution in [0, 0.1) is 28.6 Å². The van der Waals surface area contributed by atoms with Gasteiger partial charge in [0, 0.05) is 18.8 Å². The summed E-state index contributed by atoms with van der Waals surface area (Å²) < 4.78 is 12.4. The van der Waals surface area contributed by atoms with Crippen molar-refractivity contribution in [3.8, 4) is 0 Å². The highest BCUT2D eigenvalue weighted by atomic mass is 16.6. The molecule has 5 fully saturated rings. The van der Waals surface area contributed by atoms with Crippen LogP contribution in [0.25, 0.3) is 0 Å². The van der Waals surface area contributed by atoms with Gasteiger partial charge >= 0.3 is 5.97 Å². The molecular formula is C21H32O4. The Bertz CT molecular complexity index is 590. The fraction of sp³-hybridized carbons (Fsp3) is 0.952. The summed E-state index contributed by atoms with van der Waals surface area (Å²) in [5.74, 6) is 1.91.